The second kappa shape index (κ2) is 5.86. The molecule has 0 radical (unpaired) electrons. The van der Waals surface area contributed by atoms with Crippen molar-refractivity contribution in [2.45, 2.75) is 0 Å². The summed E-state index contributed by atoms with van der Waals surface area (Å²) < 4.78 is 13.4. The van der Waals surface area contributed by atoms with Crippen LogP contribution < -0.4 is 5.32 Å². The van der Waals surface area contributed by atoms with E-state index in [-0.39, 0.29) is 5.56 Å². The molecule has 1 aromatic heterocycles. The van der Waals surface area contributed by atoms with E-state index in [4.69, 9.17) is 23.2 Å². The second-order valence-electron chi connectivity index (χ2n) is 3.57. The predicted octanol–water partition coefficient (Wildman–Crippen LogP) is 4.54. The number of rotatable bonds is 2. The Morgan fingerprint density at radius 3 is 2.42 bits per heavy atom. The molecule has 1 N–H and O–H groups in total. The van der Waals surface area contributed by atoms with Crippen molar-refractivity contribution < 1.29 is 9.18 Å². The number of hydrogen-bond donors (Lipinski definition) is 1. The van der Waals surface area contributed by atoms with Crippen LogP contribution in [-0.2, 0) is 0 Å². The second-order valence-corrected chi connectivity index (χ2v) is 5.30. The standard InChI is InChI=1S/C12H6BrCl2FN2O/c13-7-3-8(14)11(9(15)4-7)18-12(19)6-1-2-10(16)17-5-6/h1-5H,(H,18,19). The lowest BCUT2D eigenvalue weighted by Crippen LogP contribution is -2.13. The third-order valence-electron chi connectivity index (χ3n) is 2.23. The molecule has 0 spiro atoms. The highest BCUT2D eigenvalue weighted by molar-refractivity contribution is 9.10. The molecule has 2 aromatic rings. The molecule has 0 fully saturated rings. The molecule has 0 aliphatic rings. The van der Waals surface area contributed by atoms with Crippen LogP contribution in [0.2, 0.25) is 10.0 Å². The van der Waals surface area contributed by atoms with Gasteiger partial charge in [0, 0.05) is 10.7 Å². The number of carbonyl (C=O) groups excluding carboxylic acids is 1. The summed E-state index contributed by atoms with van der Waals surface area (Å²) in [7, 11) is 0. The minimum atomic E-state index is -0.656. The number of carbonyl (C=O) groups is 1. The van der Waals surface area contributed by atoms with E-state index in [1.807, 2.05) is 0 Å². The van der Waals surface area contributed by atoms with Crippen molar-refractivity contribution in [1.82, 2.24) is 4.98 Å². The molecule has 98 valence electrons. The molecule has 19 heavy (non-hydrogen) atoms. The molecule has 7 heteroatoms. The fourth-order valence-electron chi connectivity index (χ4n) is 1.36. The first-order valence-electron chi connectivity index (χ1n) is 5.05. The van der Waals surface area contributed by atoms with Crippen LogP contribution in [-0.4, -0.2) is 10.9 Å². The largest absolute Gasteiger partial charge is 0.319 e. The number of amides is 1. The van der Waals surface area contributed by atoms with Crippen molar-refractivity contribution in [3.63, 3.8) is 0 Å². The summed E-state index contributed by atoms with van der Waals surface area (Å²) in [6.45, 7) is 0. The van der Waals surface area contributed by atoms with Crippen LogP contribution in [0.5, 0.6) is 0 Å². The van der Waals surface area contributed by atoms with E-state index >= 15 is 0 Å². The molecule has 0 aliphatic carbocycles. The maximum atomic E-state index is 12.7. The molecule has 1 heterocycles. The minimum Gasteiger partial charge on any atom is -0.319 e. The predicted molar refractivity (Wildman–Crippen MR) is 76.3 cm³/mol. The minimum absolute atomic E-state index is 0.205. The summed E-state index contributed by atoms with van der Waals surface area (Å²) >= 11 is 15.2. The Kier molecular flexibility index (Phi) is 4.39. The van der Waals surface area contributed by atoms with Crippen LogP contribution >= 0.6 is 39.1 Å². The van der Waals surface area contributed by atoms with Crippen molar-refractivity contribution >= 4 is 50.7 Å². The van der Waals surface area contributed by atoms with E-state index < -0.39 is 11.9 Å². The summed E-state index contributed by atoms with van der Waals surface area (Å²) in [5.74, 6) is -1.13. The first-order chi connectivity index (χ1) is 8.97. The number of nitrogens with one attached hydrogen (secondary N) is 1. The van der Waals surface area contributed by atoms with Gasteiger partial charge in [-0.25, -0.2) is 4.98 Å². The average molecular weight is 364 g/mol. The normalized spacial score (nSPS) is 10.3. The molecular weight excluding hydrogens is 358 g/mol. The highest BCUT2D eigenvalue weighted by atomic mass is 79.9. The zero-order valence-electron chi connectivity index (χ0n) is 9.25. The maximum Gasteiger partial charge on any atom is 0.257 e. The molecule has 0 atom stereocenters. The number of aromatic nitrogens is 1. The lowest BCUT2D eigenvalue weighted by molar-refractivity contribution is 0.102. The SMILES string of the molecule is O=C(Nc1c(Cl)cc(Br)cc1Cl)c1ccc(F)nc1. The maximum absolute atomic E-state index is 12.7. The van der Waals surface area contributed by atoms with E-state index in [2.05, 4.69) is 26.2 Å². The lowest BCUT2D eigenvalue weighted by Gasteiger charge is -2.09. The Balaban J connectivity index is 2.26. The van der Waals surface area contributed by atoms with E-state index in [0.717, 1.165) is 12.3 Å². The topological polar surface area (TPSA) is 42.0 Å². The van der Waals surface area contributed by atoms with Crippen LogP contribution in [0.15, 0.2) is 34.9 Å². The summed E-state index contributed by atoms with van der Waals surface area (Å²) in [4.78, 5) is 15.3. The third kappa shape index (κ3) is 3.43. The van der Waals surface area contributed by atoms with Gasteiger partial charge in [0.15, 0.2) is 0 Å². The van der Waals surface area contributed by atoms with Gasteiger partial charge in [0.25, 0.3) is 5.91 Å². The van der Waals surface area contributed by atoms with E-state index in [1.54, 1.807) is 12.1 Å². The summed E-state index contributed by atoms with van der Waals surface area (Å²) in [6, 6.07) is 5.62. The number of nitrogens with zero attached hydrogens (tertiary/aromatic N) is 1. The van der Waals surface area contributed by atoms with Crippen LogP contribution in [0.4, 0.5) is 10.1 Å². The van der Waals surface area contributed by atoms with Crippen molar-refractivity contribution in [3.8, 4) is 0 Å². The van der Waals surface area contributed by atoms with Gasteiger partial charge in [0.2, 0.25) is 5.95 Å². The van der Waals surface area contributed by atoms with Crippen LogP contribution in [0.25, 0.3) is 0 Å². The zero-order chi connectivity index (χ0) is 14.0. The van der Waals surface area contributed by atoms with E-state index in [0.29, 0.717) is 20.2 Å². The molecular formula is C12H6BrCl2FN2O. The van der Waals surface area contributed by atoms with Gasteiger partial charge in [0.05, 0.1) is 21.3 Å². The Morgan fingerprint density at radius 2 is 1.89 bits per heavy atom. The molecule has 2 rings (SSSR count). The Labute approximate surface area is 126 Å². The molecule has 0 saturated heterocycles. The molecule has 0 bridgehead atoms. The molecule has 1 amide bonds. The fourth-order valence-corrected chi connectivity index (χ4v) is 2.66. The first-order valence-corrected chi connectivity index (χ1v) is 6.59. The lowest BCUT2D eigenvalue weighted by atomic mass is 10.2. The first kappa shape index (κ1) is 14.2. The van der Waals surface area contributed by atoms with Gasteiger partial charge in [0.1, 0.15) is 0 Å². The molecule has 0 saturated carbocycles. The number of hydrogen-bond acceptors (Lipinski definition) is 2. The monoisotopic (exact) mass is 362 g/mol. The van der Waals surface area contributed by atoms with E-state index in [1.165, 1.54) is 6.07 Å². The number of pyridine rings is 1. The number of anilines is 1. The third-order valence-corrected chi connectivity index (χ3v) is 3.29. The van der Waals surface area contributed by atoms with Gasteiger partial charge in [-0.05, 0) is 24.3 Å². The van der Waals surface area contributed by atoms with Crippen LogP contribution in [0, 0.1) is 5.95 Å². The van der Waals surface area contributed by atoms with Crippen molar-refractivity contribution in [1.29, 1.82) is 0 Å². The molecule has 1 aromatic carbocycles. The Bertz CT molecular complexity index is 611. The van der Waals surface area contributed by atoms with Crippen molar-refractivity contribution in [3.05, 3.63) is 56.5 Å². The van der Waals surface area contributed by atoms with Gasteiger partial charge in [-0.3, -0.25) is 4.79 Å². The number of halogens is 4. The average Bonchev–Trinajstić information content (AvgIpc) is 2.34. The van der Waals surface area contributed by atoms with Gasteiger partial charge >= 0.3 is 0 Å². The zero-order valence-corrected chi connectivity index (χ0v) is 12.4. The van der Waals surface area contributed by atoms with Gasteiger partial charge in [-0.2, -0.15) is 4.39 Å². The van der Waals surface area contributed by atoms with Gasteiger partial charge in [-0.15, -0.1) is 0 Å². The summed E-state index contributed by atoms with van der Waals surface area (Å²) in [5.41, 5.74) is 0.498. The van der Waals surface area contributed by atoms with Crippen molar-refractivity contribution in [2.24, 2.45) is 0 Å². The van der Waals surface area contributed by atoms with Crippen molar-refractivity contribution in [2.75, 3.05) is 5.32 Å². The summed E-state index contributed by atoms with van der Waals surface area (Å²) in [6.07, 6.45) is 1.13. The highest BCUT2D eigenvalue weighted by Crippen LogP contribution is 2.34. The molecule has 0 aliphatic heterocycles. The van der Waals surface area contributed by atoms with Gasteiger partial charge in [-0.1, -0.05) is 39.1 Å². The van der Waals surface area contributed by atoms with Gasteiger partial charge < -0.3 is 5.32 Å². The Morgan fingerprint density at radius 1 is 1.26 bits per heavy atom. The fraction of sp³-hybridized carbons (Fsp3) is 0. The van der Waals surface area contributed by atoms with E-state index in [9.17, 15) is 9.18 Å². The number of benzene rings is 1. The smallest absolute Gasteiger partial charge is 0.257 e. The van der Waals surface area contributed by atoms with Crippen LogP contribution in [0.1, 0.15) is 10.4 Å². The molecule has 0 unspecified atom stereocenters. The Hall–Kier alpha value is -1.17. The highest BCUT2D eigenvalue weighted by Gasteiger charge is 2.13. The quantitative estimate of drug-likeness (QED) is 0.795. The summed E-state index contributed by atoms with van der Waals surface area (Å²) in [5, 5.41) is 3.14. The van der Waals surface area contributed by atoms with Crippen LogP contribution in [0.3, 0.4) is 0 Å². The molecule has 3 nitrogen and oxygen atoms in total.